The topological polar surface area (TPSA) is 69.8 Å². The van der Waals surface area contributed by atoms with Crippen molar-refractivity contribution >= 4 is 33.5 Å². The van der Waals surface area contributed by atoms with Gasteiger partial charge in [-0.05, 0) is 23.8 Å². The maximum atomic E-state index is 12.5. The van der Waals surface area contributed by atoms with Crippen molar-refractivity contribution in [3.63, 3.8) is 0 Å². The van der Waals surface area contributed by atoms with E-state index in [1.165, 1.54) is 0 Å². The van der Waals surface area contributed by atoms with Gasteiger partial charge in [-0.3, -0.25) is 0 Å². The molecule has 0 bridgehead atoms. The molecule has 0 unspecified atom stereocenters. The van der Waals surface area contributed by atoms with E-state index >= 15 is 0 Å². The third-order valence-corrected chi connectivity index (χ3v) is 4.27. The van der Waals surface area contributed by atoms with Crippen LogP contribution in [0, 0.1) is 11.3 Å². The second kappa shape index (κ2) is 5.55. The van der Waals surface area contributed by atoms with Crippen molar-refractivity contribution in [1.29, 1.82) is 5.26 Å². The zero-order valence-electron chi connectivity index (χ0n) is 12.5. The summed E-state index contributed by atoms with van der Waals surface area (Å²) in [5.74, 6) is 0. The van der Waals surface area contributed by atoms with E-state index < -0.39 is 5.63 Å². The highest BCUT2D eigenvalue weighted by atomic mass is 35.5. The zero-order valence-corrected chi connectivity index (χ0v) is 13.2. The van der Waals surface area contributed by atoms with Crippen LogP contribution in [0.2, 0.25) is 5.02 Å². The van der Waals surface area contributed by atoms with Crippen LogP contribution in [0.1, 0.15) is 5.56 Å². The third-order valence-electron chi connectivity index (χ3n) is 4.04. The summed E-state index contributed by atoms with van der Waals surface area (Å²) in [4.78, 5) is 15.8. The molecule has 1 N–H and O–H groups in total. The summed E-state index contributed by atoms with van der Waals surface area (Å²) < 4.78 is 5.42. The first-order chi connectivity index (χ1) is 11.7. The van der Waals surface area contributed by atoms with Crippen molar-refractivity contribution in [2.75, 3.05) is 0 Å². The lowest BCUT2D eigenvalue weighted by molar-refractivity contribution is 0.569. The van der Waals surface area contributed by atoms with Gasteiger partial charge in [0.05, 0.1) is 29.1 Å². The highest BCUT2D eigenvalue weighted by molar-refractivity contribution is 6.31. The maximum Gasteiger partial charge on any atom is 0.346 e. The molecule has 0 spiro atoms. The van der Waals surface area contributed by atoms with Crippen LogP contribution >= 0.6 is 11.6 Å². The van der Waals surface area contributed by atoms with Gasteiger partial charge in [0.1, 0.15) is 5.58 Å². The summed E-state index contributed by atoms with van der Waals surface area (Å²) in [6, 6.07) is 16.8. The van der Waals surface area contributed by atoms with Gasteiger partial charge in [0.25, 0.3) is 0 Å². The van der Waals surface area contributed by atoms with Gasteiger partial charge < -0.3 is 9.40 Å². The Balaban J connectivity index is 2.18. The zero-order chi connectivity index (χ0) is 16.7. The fraction of sp³-hybridized carbons (Fsp3) is 0.0526. The molecule has 4 nitrogen and oxygen atoms in total. The molecule has 24 heavy (non-hydrogen) atoms. The van der Waals surface area contributed by atoms with Gasteiger partial charge in [-0.2, -0.15) is 5.26 Å². The predicted molar refractivity (Wildman–Crippen MR) is 94.1 cm³/mol. The van der Waals surface area contributed by atoms with Gasteiger partial charge in [-0.1, -0.05) is 41.9 Å². The van der Waals surface area contributed by atoms with E-state index in [4.69, 9.17) is 16.0 Å². The molecule has 116 valence electrons. The maximum absolute atomic E-state index is 12.5. The largest absolute Gasteiger partial charge is 0.422 e. The summed E-state index contributed by atoms with van der Waals surface area (Å²) in [6.07, 6.45) is 0.112. The van der Waals surface area contributed by atoms with E-state index in [-0.39, 0.29) is 6.42 Å². The van der Waals surface area contributed by atoms with Crippen LogP contribution in [-0.2, 0) is 6.42 Å². The highest BCUT2D eigenvalue weighted by Gasteiger charge is 2.19. The summed E-state index contributed by atoms with van der Waals surface area (Å²) in [6.45, 7) is 0. The van der Waals surface area contributed by atoms with Gasteiger partial charge in [0, 0.05) is 16.0 Å². The lowest BCUT2D eigenvalue weighted by Gasteiger charge is -2.00. The normalized spacial score (nSPS) is 11.0. The summed E-state index contributed by atoms with van der Waals surface area (Å²) in [7, 11) is 0. The fourth-order valence-electron chi connectivity index (χ4n) is 3.01. The summed E-state index contributed by atoms with van der Waals surface area (Å²) >= 11 is 6.10. The van der Waals surface area contributed by atoms with Crippen molar-refractivity contribution in [1.82, 2.24) is 4.98 Å². The quantitative estimate of drug-likeness (QED) is 0.542. The molecule has 2 heterocycles. The van der Waals surface area contributed by atoms with Crippen molar-refractivity contribution in [2.24, 2.45) is 0 Å². The number of nitriles is 1. The monoisotopic (exact) mass is 334 g/mol. The van der Waals surface area contributed by atoms with Crippen LogP contribution in [0.15, 0.2) is 57.7 Å². The molecule has 0 aliphatic heterocycles. The Morgan fingerprint density at radius 1 is 1.17 bits per heavy atom. The SMILES string of the molecule is N#CCc1c(-c2ccccc2)[nH]c2c1c(=O)oc1ccc(Cl)cc12. The van der Waals surface area contributed by atoms with Crippen molar-refractivity contribution in [3.8, 4) is 17.3 Å². The van der Waals surface area contributed by atoms with E-state index in [2.05, 4.69) is 11.1 Å². The standard InChI is InChI=1S/C19H11ClN2O2/c20-12-6-7-15-14(10-12)18-16(19(23)24-15)13(8-9-21)17(22-18)11-4-2-1-3-5-11/h1-7,10,22H,8H2. The lowest BCUT2D eigenvalue weighted by Crippen LogP contribution is -2.01. The minimum Gasteiger partial charge on any atom is -0.422 e. The molecule has 4 aromatic rings. The van der Waals surface area contributed by atoms with Crippen LogP contribution in [0.25, 0.3) is 33.1 Å². The molecule has 0 saturated heterocycles. The highest BCUT2D eigenvalue weighted by Crippen LogP contribution is 2.33. The van der Waals surface area contributed by atoms with E-state index in [9.17, 15) is 10.1 Å². The first-order valence-electron chi connectivity index (χ1n) is 7.38. The van der Waals surface area contributed by atoms with Gasteiger partial charge in [0.15, 0.2) is 0 Å². The number of nitrogens with one attached hydrogen (secondary N) is 1. The second-order valence-electron chi connectivity index (χ2n) is 5.46. The number of nitrogens with zero attached hydrogens (tertiary/aromatic N) is 1. The van der Waals surface area contributed by atoms with E-state index in [1.54, 1.807) is 18.2 Å². The number of halogens is 1. The molecule has 0 aliphatic carbocycles. The van der Waals surface area contributed by atoms with Gasteiger partial charge in [-0.15, -0.1) is 0 Å². The predicted octanol–water partition coefficient (Wildman–Crippen LogP) is 4.66. The number of hydrogen-bond acceptors (Lipinski definition) is 3. The van der Waals surface area contributed by atoms with Crippen molar-refractivity contribution in [3.05, 3.63) is 69.5 Å². The van der Waals surface area contributed by atoms with Gasteiger partial charge in [0.2, 0.25) is 0 Å². The fourth-order valence-corrected chi connectivity index (χ4v) is 3.18. The number of fused-ring (bicyclic) bond motifs is 3. The number of hydrogen-bond donors (Lipinski definition) is 1. The molecule has 5 heteroatoms. The number of H-pyrrole nitrogens is 1. The smallest absolute Gasteiger partial charge is 0.346 e. The Hall–Kier alpha value is -3.03. The number of aromatic nitrogens is 1. The number of aromatic amines is 1. The van der Waals surface area contributed by atoms with Crippen molar-refractivity contribution in [2.45, 2.75) is 6.42 Å². The molecule has 0 atom stereocenters. The van der Waals surface area contributed by atoms with E-state index in [1.807, 2.05) is 30.3 Å². The Bertz CT molecular complexity index is 1170. The Labute approximate surface area is 141 Å². The molecule has 0 amide bonds. The Kier molecular flexibility index (Phi) is 3.37. The molecule has 2 aromatic heterocycles. The van der Waals surface area contributed by atoms with Crippen LogP contribution in [0.3, 0.4) is 0 Å². The average molecular weight is 335 g/mol. The molecule has 0 aliphatic rings. The Morgan fingerprint density at radius 3 is 2.71 bits per heavy atom. The van der Waals surface area contributed by atoms with E-state index in [0.29, 0.717) is 27.1 Å². The second-order valence-corrected chi connectivity index (χ2v) is 5.90. The third kappa shape index (κ3) is 2.18. The molecule has 0 saturated carbocycles. The van der Waals surface area contributed by atoms with Crippen LogP contribution < -0.4 is 5.63 Å². The lowest BCUT2D eigenvalue weighted by atomic mass is 10.0. The van der Waals surface area contributed by atoms with Crippen LogP contribution in [0.5, 0.6) is 0 Å². The molecule has 0 fully saturated rings. The van der Waals surface area contributed by atoms with Gasteiger partial charge in [-0.25, -0.2) is 4.79 Å². The number of benzene rings is 2. The minimum atomic E-state index is -0.455. The molecular weight excluding hydrogens is 324 g/mol. The van der Waals surface area contributed by atoms with E-state index in [0.717, 1.165) is 16.6 Å². The number of rotatable bonds is 2. The summed E-state index contributed by atoms with van der Waals surface area (Å²) in [5.41, 5.74) is 2.97. The molecular formula is C19H11ClN2O2. The van der Waals surface area contributed by atoms with Crippen molar-refractivity contribution < 1.29 is 4.42 Å². The van der Waals surface area contributed by atoms with Crippen LogP contribution in [-0.4, -0.2) is 4.98 Å². The Morgan fingerprint density at radius 2 is 1.96 bits per heavy atom. The summed E-state index contributed by atoms with van der Waals surface area (Å²) in [5, 5.41) is 10.9. The first-order valence-corrected chi connectivity index (χ1v) is 7.76. The molecule has 0 radical (unpaired) electrons. The van der Waals surface area contributed by atoms with Gasteiger partial charge >= 0.3 is 5.63 Å². The average Bonchev–Trinajstić information content (AvgIpc) is 2.97. The molecule has 2 aromatic carbocycles. The first kappa shape index (κ1) is 14.6. The van der Waals surface area contributed by atoms with Crippen LogP contribution in [0.4, 0.5) is 0 Å². The minimum absolute atomic E-state index is 0.112. The molecule has 4 rings (SSSR count).